The molecule has 7 heteroatoms. The van der Waals surface area contributed by atoms with E-state index < -0.39 is 0 Å². The minimum absolute atomic E-state index is 0.0175. The van der Waals surface area contributed by atoms with E-state index >= 15 is 0 Å². The van der Waals surface area contributed by atoms with Gasteiger partial charge in [0.1, 0.15) is 12.3 Å². The lowest BCUT2D eigenvalue weighted by molar-refractivity contribution is 0.0998. The number of methoxy groups -OCH3 is 1. The molecule has 2 aromatic rings. The topological polar surface area (TPSA) is 66.8 Å². The molecule has 138 valence electrons. The molecular weight excluding hydrogens is 408 g/mol. The third kappa shape index (κ3) is 4.25. The highest BCUT2D eigenvalue weighted by molar-refractivity contribution is 9.10. The van der Waals surface area contributed by atoms with Crippen molar-refractivity contribution in [3.8, 4) is 5.75 Å². The normalized spacial score (nSPS) is 15.4. The quantitative estimate of drug-likeness (QED) is 0.741. The van der Waals surface area contributed by atoms with Crippen molar-refractivity contribution in [2.75, 3.05) is 20.7 Å². The summed E-state index contributed by atoms with van der Waals surface area (Å²) in [7, 11) is 3.39. The monoisotopic (exact) mass is 426 g/mol. The molecule has 1 aliphatic heterocycles. The molecule has 1 aromatic heterocycles. The standard InChI is InChI=1S/C20H19BrN4O2/c1-13-10-17(14-6-8-22-9-7-14)24-20(25(13)2)23-12-18(26)16-11-15(21)4-5-19(16)27-3/h4-11H,1,12H2,2-3H3,(H,23,24). The minimum Gasteiger partial charge on any atom is -0.496 e. The van der Waals surface area contributed by atoms with Gasteiger partial charge >= 0.3 is 0 Å². The molecule has 1 aliphatic rings. The van der Waals surface area contributed by atoms with Crippen LogP contribution in [0, 0.1) is 0 Å². The summed E-state index contributed by atoms with van der Waals surface area (Å²) in [5.74, 6) is 0.938. The molecule has 0 amide bonds. The van der Waals surface area contributed by atoms with E-state index in [2.05, 4.69) is 37.8 Å². The van der Waals surface area contributed by atoms with Gasteiger partial charge in [-0.3, -0.25) is 9.78 Å². The summed E-state index contributed by atoms with van der Waals surface area (Å²) >= 11 is 3.38. The fraction of sp³-hybridized carbons (Fsp3) is 0.150. The summed E-state index contributed by atoms with van der Waals surface area (Å²) in [6.45, 7) is 4.03. The lowest BCUT2D eigenvalue weighted by Crippen LogP contribution is -2.40. The highest BCUT2D eigenvalue weighted by atomic mass is 79.9. The van der Waals surface area contributed by atoms with E-state index in [0.29, 0.717) is 17.3 Å². The summed E-state index contributed by atoms with van der Waals surface area (Å²) in [5, 5.41) is 3.25. The van der Waals surface area contributed by atoms with Gasteiger partial charge in [-0.2, -0.15) is 0 Å². The molecule has 0 aliphatic carbocycles. The van der Waals surface area contributed by atoms with Gasteiger partial charge in [0.25, 0.3) is 0 Å². The van der Waals surface area contributed by atoms with Gasteiger partial charge in [-0.15, -0.1) is 0 Å². The molecule has 0 fully saturated rings. The van der Waals surface area contributed by atoms with Gasteiger partial charge in [-0.25, -0.2) is 4.99 Å². The zero-order valence-electron chi connectivity index (χ0n) is 15.1. The molecule has 1 aromatic carbocycles. The van der Waals surface area contributed by atoms with Crippen molar-refractivity contribution in [2.24, 2.45) is 4.99 Å². The van der Waals surface area contributed by atoms with Crippen LogP contribution in [-0.2, 0) is 0 Å². The van der Waals surface area contributed by atoms with Crippen LogP contribution in [0.2, 0.25) is 0 Å². The van der Waals surface area contributed by atoms with Crippen LogP contribution in [0.5, 0.6) is 5.75 Å². The maximum atomic E-state index is 12.7. The maximum Gasteiger partial charge on any atom is 0.203 e. The number of guanidine groups is 1. The molecule has 0 saturated heterocycles. The number of benzene rings is 1. The number of allylic oxidation sites excluding steroid dienone is 1. The van der Waals surface area contributed by atoms with Crippen molar-refractivity contribution >= 4 is 33.4 Å². The molecule has 6 nitrogen and oxygen atoms in total. The van der Waals surface area contributed by atoms with Gasteiger partial charge < -0.3 is 15.0 Å². The van der Waals surface area contributed by atoms with Gasteiger partial charge in [0, 0.05) is 35.2 Å². The number of ketones is 1. The van der Waals surface area contributed by atoms with E-state index in [1.54, 1.807) is 29.4 Å². The number of hydrogen-bond donors (Lipinski definition) is 1. The molecule has 1 N–H and O–H groups in total. The van der Waals surface area contributed by atoms with Crippen molar-refractivity contribution in [1.82, 2.24) is 15.2 Å². The smallest absolute Gasteiger partial charge is 0.203 e. The Labute approximate surface area is 166 Å². The second kappa shape index (κ2) is 8.18. The first-order valence-corrected chi connectivity index (χ1v) is 9.02. The number of aromatic nitrogens is 1. The van der Waals surface area contributed by atoms with Gasteiger partial charge in [0.05, 0.1) is 18.4 Å². The Bertz CT molecular complexity index is 938. The summed E-state index contributed by atoms with van der Waals surface area (Å²) in [4.78, 5) is 23.0. The minimum atomic E-state index is -0.138. The van der Waals surface area contributed by atoms with Crippen LogP contribution in [-0.4, -0.2) is 42.3 Å². The Morgan fingerprint density at radius 3 is 2.78 bits per heavy atom. The van der Waals surface area contributed by atoms with Gasteiger partial charge in [-0.05, 0) is 36.4 Å². The zero-order chi connectivity index (χ0) is 19.4. The van der Waals surface area contributed by atoms with Gasteiger partial charge in [0.15, 0.2) is 5.78 Å². The molecule has 0 bridgehead atoms. The Morgan fingerprint density at radius 2 is 2.07 bits per heavy atom. The Kier molecular flexibility index (Phi) is 5.71. The van der Waals surface area contributed by atoms with E-state index in [-0.39, 0.29) is 12.3 Å². The van der Waals surface area contributed by atoms with Crippen molar-refractivity contribution < 1.29 is 9.53 Å². The average Bonchev–Trinajstić information content (AvgIpc) is 2.69. The maximum absolute atomic E-state index is 12.7. The van der Waals surface area contributed by atoms with Crippen molar-refractivity contribution in [2.45, 2.75) is 0 Å². The van der Waals surface area contributed by atoms with E-state index in [1.165, 1.54) is 7.11 Å². The largest absolute Gasteiger partial charge is 0.496 e. The number of hydrogen-bond acceptors (Lipinski definition) is 4. The zero-order valence-corrected chi connectivity index (χ0v) is 16.7. The first-order valence-electron chi connectivity index (χ1n) is 8.22. The fourth-order valence-electron chi connectivity index (χ4n) is 2.60. The van der Waals surface area contributed by atoms with Crippen molar-refractivity contribution in [3.63, 3.8) is 0 Å². The summed E-state index contributed by atoms with van der Waals surface area (Å²) < 4.78 is 6.09. The molecule has 0 atom stereocenters. The summed E-state index contributed by atoms with van der Waals surface area (Å²) in [6, 6.07) is 9.11. The average molecular weight is 427 g/mol. The molecule has 27 heavy (non-hydrogen) atoms. The van der Waals surface area contributed by atoms with Crippen LogP contribution in [0.25, 0.3) is 5.70 Å². The van der Waals surface area contributed by atoms with Gasteiger partial charge in [0.2, 0.25) is 5.96 Å². The number of likely N-dealkylation sites (N-methyl/N-ethyl adjacent to an activating group) is 1. The number of Topliss-reactive ketones (excluding diaryl/α,β-unsaturated/α-hetero) is 1. The number of nitrogens with one attached hydrogen (secondary N) is 1. The Morgan fingerprint density at radius 1 is 1.33 bits per heavy atom. The number of carbonyl (C=O) groups excluding carboxylic acids is 1. The fourth-order valence-corrected chi connectivity index (χ4v) is 2.96. The van der Waals surface area contributed by atoms with Crippen LogP contribution >= 0.6 is 15.9 Å². The van der Waals surface area contributed by atoms with Crippen LogP contribution in [0.1, 0.15) is 15.9 Å². The summed E-state index contributed by atoms with van der Waals surface area (Å²) in [5.41, 5.74) is 3.07. The second-order valence-electron chi connectivity index (χ2n) is 5.88. The molecular formula is C20H19BrN4O2. The van der Waals surface area contributed by atoms with E-state index in [0.717, 1.165) is 21.4 Å². The predicted molar refractivity (Wildman–Crippen MR) is 110 cm³/mol. The number of aliphatic imine (C=N–C) groups is 1. The number of nitrogens with zero attached hydrogens (tertiary/aromatic N) is 3. The Hall–Kier alpha value is -2.93. The lowest BCUT2D eigenvalue weighted by Gasteiger charge is -2.29. The molecule has 0 radical (unpaired) electrons. The Balaban J connectivity index is 1.82. The van der Waals surface area contributed by atoms with Crippen molar-refractivity contribution in [1.29, 1.82) is 0 Å². The molecule has 0 saturated carbocycles. The summed E-state index contributed by atoms with van der Waals surface area (Å²) in [6.07, 6.45) is 5.37. The van der Waals surface area contributed by atoms with Crippen LogP contribution in [0.3, 0.4) is 0 Å². The van der Waals surface area contributed by atoms with E-state index in [4.69, 9.17) is 4.74 Å². The molecule has 3 rings (SSSR count). The highest BCUT2D eigenvalue weighted by Gasteiger charge is 2.19. The van der Waals surface area contributed by atoms with Crippen LogP contribution < -0.4 is 10.1 Å². The van der Waals surface area contributed by atoms with Crippen molar-refractivity contribution in [3.05, 3.63) is 76.7 Å². The third-order valence-corrected chi connectivity index (χ3v) is 4.62. The number of pyridine rings is 1. The number of rotatable bonds is 5. The highest BCUT2D eigenvalue weighted by Crippen LogP contribution is 2.24. The third-order valence-electron chi connectivity index (χ3n) is 4.13. The van der Waals surface area contributed by atoms with E-state index in [9.17, 15) is 4.79 Å². The lowest BCUT2D eigenvalue weighted by atomic mass is 10.1. The first kappa shape index (κ1) is 18.8. The first-order chi connectivity index (χ1) is 13.0. The second-order valence-corrected chi connectivity index (χ2v) is 6.79. The predicted octanol–water partition coefficient (Wildman–Crippen LogP) is 3.48. The SMILES string of the molecule is C=C1C=C(c2ccncc2)NC(=NCC(=O)c2cc(Br)ccc2OC)N1C. The van der Waals surface area contributed by atoms with Crippen LogP contribution in [0.4, 0.5) is 0 Å². The number of halogens is 1. The number of carbonyl (C=O) groups is 1. The van der Waals surface area contributed by atoms with Crippen LogP contribution in [0.15, 0.2) is 70.5 Å². The molecule has 0 unspecified atom stereocenters. The van der Waals surface area contributed by atoms with E-state index in [1.807, 2.05) is 31.3 Å². The molecule has 0 spiro atoms. The molecule has 2 heterocycles. The van der Waals surface area contributed by atoms with Gasteiger partial charge in [-0.1, -0.05) is 22.5 Å². The number of ether oxygens (including phenoxy) is 1.